The fourth-order valence-electron chi connectivity index (χ4n) is 2.67. The van der Waals surface area contributed by atoms with Crippen molar-refractivity contribution in [2.24, 2.45) is 0 Å². The maximum atomic E-state index is 13.9. The van der Waals surface area contributed by atoms with Gasteiger partial charge in [-0.2, -0.15) is 0 Å². The summed E-state index contributed by atoms with van der Waals surface area (Å²) in [5.41, 5.74) is 0.272. The molecule has 24 heavy (non-hydrogen) atoms. The first-order valence-corrected chi connectivity index (χ1v) is 7.45. The molecule has 0 spiro atoms. The van der Waals surface area contributed by atoms with E-state index in [0.717, 1.165) is 6.07 Å². The van der Waals surface area contributed by atoms with Crippen LogP contribution >= 0.6 is 0 Å². The molecule has 1 fully saturated rings. The van der Waals surface area contributed by atoms with Crippen LogP contribution in [0.5, 0.6) is 0 Å². The highest BCUT2D eigenvalue weighted by Crippen LogP contribution is 2.23. The molecule has 1 N–H and O–H groups in total. The molecule has 124 valence electrons. The van der Waals surface area contributed by atoms with Crippen molar-refractivity contribution in [3.8, 4) is 0 Å². The maximum Gasteiger partial charge on any atom is 0.272 e. The lowest BCUT2D eigenvalue weighted by Crippen LogP contribution is -2.32. The predicted octanol–water partition coefficient (Wildman–Crippen LogP) is 2.46. The van der Waals surface area contributed by atoms with Gasteiger partial charge in [0.2, 0.25) is 0 Å². The zero-order valence-electron chi connectivity index (χ0n) is 12.7. The number of amides is 1. The molecule has 1 atom stereocenters. The minimum atomic E-state index is -0.682. The van der Waals surface area contributed by atoms with Crippen molar-refractivity contribution in [3.63, 3.8) is 0 Å². The normalized spacial score (nSPS) is 16.9. The number of aromatic nitrogens is 1. The monoisotopic (exact) mass is 330 g/mol. The molecule has 1 aliphatic heterocycles. The van der Waals surface area contributed by atoms with Crippen molar-refractivity contribution in [3.05, 3.63) is 64.2 Å². The molecule has 1 amide bonds. The molecule has 1 saturated heterocycles. The number of halogens is 1. The number of carbonyl (C=O) groups is 1. The van der Waals surface area contributed by atoms with Crippen LogP contribution in [0, 0.1) is 15.9 Å². The molecule has 2 heterocycles. The van der Waals surface area contributed by atoms with Gasteiger partial charge in [0.15, 0.2) is 5.82 Å². The van der Waals surface area contributed by atoms with E-state index < -0.39 is 10.7 Å². The minimum Gasteiger partial charge on any atom is -0.378 e. The molecule has 2 aromatic rings. The van der Waals surface area contributed by atoms with Crippen LogP contribution in [-0.2, 0) is 0 Å². The van der Waals surface area contributed by atoms with Crippen LogP contribution in [0.3, 0.4) is 0 Å². The SMILES string of the molecule is O=C(c1ccccn1)N1CCC(Nc2ccc([N+](=O)[O-])cc2F)C1. The average molecular weight is 330 g/mol. The molecule has 8 heteroatoms. The zero-order chi connectivity index (χ0) is 17.1. The number of carbonyl (C=O) groups excluding carboxylic acids is 1. The van der Waals surface area contributed by atoms with Gasteiger partial charge in [0.05, 0.1) is 16.7 Å². The van der Waals surface area contributed by atoms with Gasteiger partial charge in [0.1, 0.15) is 5.69 Å². The van der Waals surface area contributed by atoms with Crippen LogP contribution in [-0.4, -0.2) is 39.8 Å². The number of non-ortho nitro benzene ring substituents is 1. The van der Waals surface area contributed by atoms with Crippen molar-refractivity contribution >= 4 is 17.3 Å². The Morgan fingerprint density at radius 2 is 2.21 bits per heavy atom. The van der Waals surface area contributed by atoms with E-state index in [9.17, 15) is 19.3 Å². The Morgan fingerprint density at radius 1 is 1.38 bits per heavy atom. The third-order valence-electron chi connectivity index (χ3n) is 3.88. The summed E-state index contributed by atoms with van der Waals surface area (Å²) in [6.45, 7) is 0.966. The van der Waals surface area contributed by atoms with Crippen LogP contribution in [0.4, 0.5) is 15.8 Å². The number of hydrogen-bond acceptors (Lipinski definition) is 5. The Balaban J connectivity index is 1.64. The molecule has 1 aromatic heterocycles. The van der Waals surface area contributed by atoms with Gasteiger partial charge in [-0.05, 0) is 24.6 Å². The molecule has 0 radical (unpaired) electrons. The zero-order valence-corrected chi connectivity index (χ0v) is 12.7. The van der Waals surface area contributed by atoms with Gasteiger partial charge in [-0.3, -0.25) is 19.9 Å². The first-order valence-electron chi connectivity index (χ1n) is 7.45. The van der Waals surface area contributed by atoms with Crippen molar-refractivity contribution in [2.75, 3.05) is 18.4 Å². The number of nitrogens with zero attached hydrogens (tertiary/aromatic N) is 3. The highest BCUT2D eigenvalue weighted by atomic mass is 19.1. The lowest BCUT2D eigenvalue weighted by atomic mass is 10.2. The molecule has 0 saturated carbocycles. The number of hydrogen-bond donors (Lipinski definition) is 1. The van der Waals surface area contributed by atoms with Gasteiger partial charge in [0, 0.05) is 31.4 Å². The van der Waals surface area contributed by atoms with Crippen LogP contribution in [0.25, 0.3) is 0 Å². The molecule has 3 rings (SSSR count). The number of nitro groups is 1. The van der Waals surface area contributed by atoms with Gasteiger partial charge in [-0.1, -0.05) is 6.07 Å². The summed E-state index contributed by atoms with van der Waals surface area (Å²) in [6, 6.07) is 8.50. The minimum absolute atomic E-state index is 0.117. The number of anilines is 1. The Kier molecular flexibility index (Phi) is 4.37. The summed E-state index contributed by atoms with van der Waals surface area (Å²) in [7, 11) is 0. The fourth-order valence-corrected chi connectivity index (χ4v) is 2.67. The molecular weight excluding hydrogens is 315 g/mol. The first-order chi connectivity index (χ1) is 11.5. The van der Waals surface area contributed by atoms with Crippen LogP contribution < -0.4 is 5.32 Å². The Labute approximate surface area is 137 Å². The highest BCUT2D eigenvalue weighted by molar-refractivity contribution is 5.92. The van der Waals surface area contributed by atoms with Crippen molar-refractivity contribution in [2.45, 2.75) is 12.5 Å². The van der Waals surface area contributed by atoms with E-state index in [1.807, 2.05) is 0 Å². The van der Waals surface area contributed by atoms with Gasteiger partial charge in [-0.15, -0.1) is 0 Å². The summed E-state index contributed by atoms with van der Waals surface area (Å²) < 4.78 is 13.9. The second kappa shape index (κ2) is 6.61. The summed E-state index contributed by atoms with van der Waals surface area (Å²) in [5.74, 6) is -0.845. The standard InChI is InChI=1S/C16H15FN4O3/c17-13-9-12(21(23)24)4-5-14(13)19-11-6-8-20(10-11)16(22)15-3-1-2-7-18-15/h1-5,7,9,11,19H,6,8,10H2. The molecule has 7 nitrogen and oxygen atoms in total. The predicted molar refractivity (Wildman–Crippen MR) is 85.2 cm³/mol. The largest absolute Gasteiger partial charge is 0.378 e. The van der Waals surface area contributed by atoms with Crippen molar-refractivity contribution < 1.29 is 14.1 Å². The van der Waals surface area contributed by atoms with E-state index in [4.69, 9.17) is 0 Å². The van der Waals surface area contributed by atoms with Crippen molar-refractivity contribution in [1.82, 2.24) is 9.88 Å². The summed E-state index contributed by atoms with van der Waals surface area (Å²) in [6.07, 6.45) is 2.22. The Bertz CT molecular complexity index is 769. The summed E-state index contributed by atoms with van der Waals surface area (Å²) in [4.78, 5) is 28.0. The van der Waals surface area contributed by atoms with Crippen LogP contribution in [0.2, 0.25) is 0 Å². The Morgan fingerprint density at radius 3 is 2.88 bits per heavy atom. The third kappa shape index (κ3) is 3.32. The second-order valence-electron chi connectivity index (χ2n) is 5.52. The molecule has 1 unspecified atom stereocenters. The van der Waals surface area contributed by atoms with E-state index in [1.54, 1.807) is 29.3 Å². The van der Waals surface area contributed by atoms with Crippen molar-refractivity contribution in [1.29, 1.82) is 0 Å². The van der Waals surface area contributed by atoms with Crippen LogP contribution in [0.15, 0.2) is 42.6 Å². The average Bonchev–Trinajstić information content (AvgIpc) is 3.05. The van der Waals surface area contributed by atoms with E-state index in [2.05, 4.69) is 10.3 Å². The first kappa shape index (κ1) is 15.9. The lowest BCUT2D eigenvalue weighted by molar-refractivity contribution is -0.385. The second-order valence-corrected chi connectivity index (χ2v) is 5.52. The van der Waals surface area contributed by atoms with Gasteiger partial charge in [-0.25, -0.2) is 4.39 Å². The number of rotatable bonds is 4. The van der Waals surface area contributed by atoms with Gasteiger partial charge < -0.3 is 10.2 Å². The number of nitro benzene ring substituents is 1. The Hall–Kier alpha value is -3.03. The quantitative estimate of drug-likeness (QED) is 0.687. The van der Waals surface area contributed by atoms with E-state index in [1.165, 1.54) is 12.1 Å². The number of benzene rings is 1. The number of likely N-dealkylation sites (tertiary alicyclic amines) is 1. The van der Waals surface area contributed by atoms with Crippen LogP contribution in [0.1, 0.15) is 16.9 Å². The summed E-state index contributed by atoms with van der Waals surface area (Å²) >= 11 is 0. The van der Waals surface area contributed by atoms with Gasteiger partial charge in [0.25, 0.3) is 11.6 Å². The molecule has 0 aliphatic carbocycles. The van der Waals surface area contributed by atoms with Gasteiger partial charge >= 0.3 is 0 Å². The van der Waals surface area contributed by atoms with E-state index in [-0.39, 0.29) is 23.3 Å². The number of nitrogens with one attached hydrogen (secondary N) is 1. The number of pyridine rings is 1. The molecule has 1 aliphatic rings. The highest BCUT2D eigenvalue weighted by Gasteiger charge is 2.28. The molecule has 0 bridgehead atoms. The fraction of sp³-hybridized carbons (Fsp3) is 0.250. The lowest BCUT2D eigenvalue weighted by Gasteiger charge is -2.17. The molecule has 1 aromatic carbocycles. The van der Waals surface area contributed by atoms with E-state index in [0.29, 0.717) is 25.2 Å². The summed E-state index contributed by atoms with van der Waals surface area (Å²) in [5, 5.41) is 13.6. The molecular formula is C16H15FN4O3. The smallest absolute Gasteiger partial charge is 0.272 e. The topological polar surface area (TPSA) is 88.4 Å². The van der Waals surface area contributed by atoms with E-state index >= 15 is 0 Å². The maximum absolute atomic E-state index is 13.9. The third-order valence-corrected chi connectivity index (χ3v) is 3.88.